The first kappa shape index (κ1) is 11.8. The fourth-order valence-electron chi connectivity index (χ4n) is 1.97. The summed E-state index contributed by atoms with van der Waals surface area (Å²) in [7, 11) is 0. The number of halogens is 2. The summed E-state index contributed by atoms with van der Waals surface area (Å²) in [5.41, 5.74) is 4.13. The molecule has 1 heterocycles. The lowest BCUT2D eigenvalue weighted by Gasteiger charge is -1.97. The van der Waals surface area contributed by atoms with E-state index in [1.807, 2.05) is 24.3 Å². The fourth-order valence-corrected chi connectivity index (χ4v) is 2.87. The molecule has 3 aromatic rings. The highest BCUT2D eigenvalue weighted by Crippen LogP contribution is 2.29. The van der Waals surface area contributed by atoms with Crippen LogP contribution in [0, 0.1) is 6.92 Å². The van der Waals surface area contributed by atoms with E-state index in [1.165, 1.54) is 5.56 Å². The van der Waals surface area contributed by atoms with Crippen LogP contribution in [0.1, 0.15) is 5.56 Å². The Morgan fingerprint density at radius 3 is 2.83 bits per heavy atom. The van der Waals surface area contributed by atoms with Crippen LogP contribution >= 0.6 is 27.5 Å². The molecule has 0 saturated carbocycles. The number of rotatable bonds is 1. The van der Waals surface area contributed by atoms with Crippen LogP contribution in [0.2, 0.25) is 5.02 Å². The number of aromatic amines is 1. The lowest BCUT2D eigenvalue weighted by molar-refractivity contribution is 1.32. The van der Waals surface area contributed by atoms with E-state index in [2.05, 4.69) is 45.0 Å². The first-order valence-electron chi connectivity index (χ1n) is 5.55. The zero-order valence-corrected chi connectivity index (χ0v) is 12.0. The van der Waals surface area contributed by atoms with Gasteiger partial charge in [0.05, 0.1) is 5.52 Å². The first-order chi connectivity index (χ1) is 8.63. The monoisotopic (exact) mass is 320 g/mol. The molecule has 0 unspecified atom stereocenters. The van der Waals surface area contributed by atoms with Gasteiger partial charge < -0.3 is 4.98 Å². The molecule has 0 aliphatic rings. The largest absolute Gasteiger partial charge is 0.338 e. The molecule has 4 heteroatoms. The number of nitrogens with zero attached hydrogens (tertiary/aromatic N) is 1. The predicted molar refractivity (Wildman–Crippen MR) is 79.0 cm³/mol. The zero-order chi connectivity index (χ0) is 12.7. The molecule has 0 atom stereocenters. The van der Waals surface area contributed by atoms with Gasteiger partial charge in [0, 0.05) is 15.1 Å². The number of fused-ring (bicyclic) bond motifs is 1. The van der Waals surface area contributed by atoms with Crippen molar-refractivity contribution in [3.8, 4) is 11.4 Å². The molecule has 0 bridgehead atoms. The Morgan fingerprint density at radius 1 is 1.22 bits per heavy atom. The van der Waals surface area contributed by atoms with Crippen LogP contribution in [-0.4, -0.2) is 9.97 Å². The Morgan fingerprint density at radius 2 is 2.06 bits per heavy atom. The second kappa shape index (κ2) is 4.41. The van der Waals surface area contributed by atoms with Gasteiger partial charge >= 0.3 is 0 Å². The van der Waals surface area contributed by atoms with Crippen molar-refractivity contribution in [2.45, 2.75) is 6.92 Å². The Hall–Kier alpha value is -1.32. The van der Waals surface area contributed by atoms with E-state index in [0.29, 0.717) is 5.02 Å². The van der Waals surface area contributed by atoms with Gasteiger partial charge in [-0.15, -0.1) is 0 Å². The molecular weight excluding hydrogens is 312 g/mol. The zero-order valence-electron chi connectivity index (χ0n) is 9.67. The van der Waals surface area contributed by atoms with Crippen molar-refractivity contribution in [3.63, 3.8) is 0 Å². The summed E-state index contributed by atoms with van der Waals surface area (Å²) in [6.45, 7) is 2.07. The molecule has 0 aliphatic heterocycles. The van der Waals surface area contributed by atoms with Crippen molar-refractivity contribution in [1.29, 1.82) is 0 Å². The van der Waals surface area contributed by atoms with Crippen molar-refractivity contribution in [2.24, 2.45) is 0 Å². The number of benzene rings is 2. The SMILES string of the molecule is Cc1cccc(-c2nc3c(Br)cc(Cl)cc3[nH]2)c1. The van der Waals surface area contributed by atoms with Crippen LogP contribution in [0.25, 0.3) is 22.4 Å². The third-order valence-electron chi connectivity index (χ3n) is 2.80. The van der Waals surface area contributed by atoms with E-state index in [-0.39, 0.29) is 0 Å². The van der Waals surface area contributed by atoms with Crippen LogP contribution in [0.15, 0.2) is 40.9 Å². The second-order valence-corrected chi connectivity index (χ2v) is 5.53. The van der Waals surface area contributed by atoms with Crippen LogP contribution in [0.5, 0.6) is 0 Å². The van der Waals surface area contributed by atoms with E-state index in [9.17, 15) is 0 Å². The topological polar surface area (TPSA) is 28.7 Å². The molecular formula is C14H10BrClN2. The molecule has 0 fully saturated rings. The molecule has 90 valence electrons. The minimum atomic E-state index is 0.689. The molecule has 18 heavy (non-hydrogen) atoms. The predicted octanol–water partition coefficient (Wildman–Crippen LogP) is 4.95. The van der Waals surface area contributed by atoms with Crippen molar-refractivity contribution >= 4 is 38.6 Å². The highest BCUT2D eigenvalue weighted by Gasteiger charge is 2.09. The highest BCUT2D eigenvalue weighted by molar-refractivity contribution is 9.10. The van der Waals surface area contributed by atoms with Gasteiger partial charge in [-0.1, -0.05) is 35.4 Å². The maximum absolute atomic E-state index is 6.03. The van der Waals surface area contributed by atoms with Crippen molar-refractivity contribution in [2.75, 3.05) is 0 Å². The lowest BCUT2D eigenvalue weighted by atomic mass is 10.1. The number of imidazole rings is 1. The van der Waals surface area contributed by atoms with Crippen molar-refractivity contribution < 1.29 is 0 Å². The van der Waals surface area contributed by atoms with Gasteiger partial charge in [0.1, 0.15) is 11.3 Å². The van der Waals surface area contributed by atoms with Crippen LogP contribution < -0.4 is 0 Å². The molecule has 1 aromatic heterocycles. The summed E-state index contributed by atoms with van der Waals surface area (Å²) in [5, 5.41) is 0.689. The molecule has 0 radical (unpaired) electrons. The van der Waals surface area contributed by atoms with E-state index < -0.39 is 0 Å². The summed E-state index contributed by atoms with van der Waals surface area (Å²) < 4.78 is 0.903. The molecule has 0 saturated heterocycles. The number of nitrogens with one attached hydrogen (secondary N) is 1. The van der Waals surface area contributed by atoms with Gasteiger partial charge in [0.25, 0.3) is 0 Å². The summed E-state index contributed by atoms with van der Waals surface area (Å²) >= 11 is 9.51. The van der Waals surface area contributed by atoms with Crippen LogP contribution in [0.3, 0.4) is 0 Å². The number of aromatic nitrogens is 2. The summed E-state index contributed by atoms with van der Waals surface area (Å²) in [6.07, 6.45) is 0. The maximum atomic E-state index is 6.03. The summed E-state index contributed by atoms with van der Waals surface area (Å²) in [4.78, 5) is 7.90. The molecule has 1 N–H and O–H groups in total. The molecule has 3 rings (SSSR count). The van der Waals surface area contributed by atoms with E-state index in [1.54, 1.807) is 0 Å². The molecule has 0 amide bonds. The Labute approximate surface area is 118 Å². The average molecular weight is 322 g/mol. The second-order valence-electron chi connectivity index (χ2n) is 4.24. The van der Waals surface area contributed by atoms with Gasteiger partial charge in [-0.3, -0.25) is 0 Å². The van der Waals surface area contributed by atoms with Crippen LogP contribution in [0.4, 0.5) is 0 Å². The lowest BCUT2D eigenvalue weighted by Crippen LogP contribution is -1.80. The third kappa shape index (κ3) is 2.04. The minimum Gasteiger partial charge on any atom is -0.338 e. The third-order valence-corrected chi connectivity index (χ3v) is 3.62. The molecule has 2 aromatic carbocycles. The van der Waals surface area contributed by atoms with Gasteiger partial charge in [0.15, 0.2) is 0 Å². The highest BCUT2D eigenvalue weighted by atomic mass is 79.9. The Kier molecular flexibility index (Phi) is 2.88. The van der Waals surface area contributed by atoms with Gasteiger partial charge in [0.2, 0.25) is 0 Å². The first-order valence-corrected chi connectivity index (χ1v) is 6.72. The number of hydrogen-bond acceptors (Lipinski definition) is 1. The Bertz CT molecular complexity index is 734. The molecule has 2 nitrogen and oxygen atoms in total. The number of H-pyrrole nitrogens is 1. The molecule has 0 spiro atoms. The number of hydrogen-bond donors (Lipinski definition) is 1. The van der Waals surface area contributed by atoms with Crippen LogP contribution in [-0.2, 0) is 0 Å². The van der Waals surface area contributed by atoms with E-state index in [0.717, 1.165) is 26.9 Å². The standard InChI is InChI=1S/C14H10BrClN2/c1-8-3-2-4-9(5-8)14-17-12-7-10(16)6-11(15)13(12)18-14/h2-7H,1H3,(H,17,18). The molecule has 0 aliphatic carbocycles. The smallest absolute Gasteiger partial charge is 0.138 e. The van der Waals surface area contributed by atoms with Crippen molar-refractivity contribution in [3.05, 3.63) is 51.5 Å². The van der Waals surface area contributed by atoms with E-state index in [4.69, 9.17) is 11.6 Å². The Balaban J connectivity index is 2.22. The fraction of sp³-hybridized carbons (Fsp3) is 0.0714. The maximum Gasteiger partial charge on any atom is 0.138 e. The summed E-state index contributed by atoms with van der Waals surface area (Å²) in [6, 6.07) is 12.0. The number of aryl methyl sites for hydroxylation is 1. The quantitative estimate of drug-likeness (QED) is 0.674. The van der Waals surface area contributed by atoms with Gasteiger partial charge in [-0.25, -0.2) is 4.98 Å². The average Bonchev–Trinajstić information content (AvgIpc) is 2.73. The summed E-state index contributed by atoms with van der Waals surface area (Å²) in [5.74, 6) is 0.858. The normalized spacial score (nSPS) is 11.1. The van der Waals surface area contributed by atoms with Gasteiger partial charge in [-0.05, 0) is 41.1 Å². The van der Waals surface area contributed by atoms with E-state index >= 15 is 0 Å². The van der Waals surface area contributed by atoms with Crippen molar-refractivity contribution in [1.82, 2.24) is 9.97 Å². The van der Waals surface area contributed by atoms with Gasteiger partial charge in [-0.2, -0.15) is 0 Å². The minimum absolute atomic E-state index is 0.689.